The molecule has 0 atom stereocenters. The minimum absolute atomic E-state index is 1.33. The molecule has 5 rings (SSSR count). The van der Waals surface area contributed by atoms with E-state index in [2.05, 4.69) is 60.7 Å². The lowest BCUT2D eigenvalue weighted by Gasteiger charge is -2.06. The van der Waals surface area contributed by atoms with Crippen molar-refractivity contribution < 1.29 is 0 Å². The number of rotatable bonds is 0. The van der Waals surface area contributed by atoms with Crippen molar-refractivity contribution in [1.29, 1.82) is 0 Å². The molecule has 0 aromatic heterocycles. The van der Waals surface area contributed by atoms with Gasteiger partial charge in [0, 0.05) is 0 Å². The SMILES string of the molecule is C1=Cc2cc3ccccc3c3cccc1c23.c1ccccc1. The molecule has 0 saturated carbocycles. The molecule has 1 aliphatic rings. The summed E-state index contributed by atoms with van der Waals surface area (Å²) < 4.78 is 0. The Bertz CT molecular complexity index is 936. The zero-order valence-corrected chi connectivity index (χ0v) is 12.2. The molecule has 0 nitrogen and oxygen atoms in total. The maximum Gasteiger partial charge on any atom is -0.00324 e. The van der Waals surface area contributed by atoms with Gasteiger partial charge >= 0.3 is 0 Å². The van der Waals surface area contributed by atoms with Crippen LogP contribution in [0.25, 0.3) is 33.7 Å². The van der Waals surface area contributed by atoms with E-state index in [-0.39, 0.29) is 0 Å². The van der Waals surface area contributed by atoms with Crippen LogP contribution in [0.5, 0.6) is 0 Å². The number of fused-ring (bicyclic) bond motifs is 2. The van der Waals surface area contributed by atoms with Gasteiger partial charge in [-0.05, 0) is 38.7 Å². The maximum atomic E-state index is 2.28. The fourth-order valence-corrected chi connectivity index (χ4v) is 3.06. The van der Waals surface area contributed by atoms with Gasteiger partial charge in [-0.2, -0.15) is 0 Å². The Kier molecular flexibility index (Phi) is 3.21. The van der Waals surface area contributed by atoms with E-state index in [4.69, 9.17) is 0 Å². The summed E-state index contributed by atoms with van der Waals surface area (Å²) in [5.41, 5.74) is 2.70. The van der Waals surface area contributed by atoms with E-state index in [0.717, 1.165) is 0 Å². The molecule has 0 heteroatoms. The highest BCUT2D eigenvalue weighted by atomic mass is 14.1. The summed E-state index contributed by atoms with van der Waals surface area (Å²) in [5.74, 6) is 0. The van der Waals surface area contributed by atoms with E-state index in [0.29, 0.717) is 0 Å². The lowest BCUT2D eigenvalue weighted by atomic mass is 9.97. The Morgan fingerprint density at radius 2 is 1.09 bits per heavy atom. The summed E-state index contributed by atoms with van der Waals surface area (Å²) >= 11 is 0. The van der Waals surface area contributed by atoms with Crippen LogP contribution in [0.1, 0.15) is 11.1 Å². The number of hydrogen-bond donors (Lipinski definition) is 0. The molecule has 0 fully saturated rings. The third kappa shape index (κ3) is 2.19. The van der Waals surface area contributed by atoms with Crippen LogP contribution >= 0.6 is 0 Å². The summed E-state index contributed by atoms with van der Waals surface area (Å²) in [5, 5.41) is 5.46. The zero-order chi connectivity index (χ0) is 14.8. The molecule has 0 spiro atoms. The van der Waals surface area contributed by atoms with Gasteiger partial charge in [0.1, 0.15) is 0 Å². The second kappa shape index (κ2) is 5.50. The minimum Gasteiger partial charge on any atom is -0.0623 e. The first-order valence-corrected chi connectivity index (χ1v) is 7.56. The summed E-state index contributed by atoms with van der Waals surface area (Å²) in [4.78, 5) is 0. The third-order valence-corrected chi connectivity index (χ3v) is 4.06. The van der Waals surface area contributed by atoms with Crippen molar-refractivity contribution >= 4 is 33.7 Å². The van der Waals surface area contributed by atoms with Crippen LogP contribution in [-0.4, -0.2) is 0 Å². The van der Waals surface area contributed by atoms with E-state index in [1.165, 1.54) is 32.7 Å². The number of benzene rings is 4. The molecule has 4 aromatic carbocycles. The lowest BCUT2D eigenvalue weighted by molar-refractivity contribution is 1.72. The summed E-state index contributed by atoms with van der Waals surface area (Å²) in [6.45, 7) is 0. The second-order valence-electron chi connectivity index (χ2n) is 5.44. The van der Waals surface area contributed by atoms with Crippen LogP contribution in [0.3, 0.4) is 0 Å². The van der Waals surface area contributed by atoms with Crippen molar-refractivity contribution in [3.63, 3.8) is 0 Å². The molecule has 0 radical (unpaired) electrons. The molecule has 4 aromatic rings. The van der Waals surface area contributed by atoms with Gasteiger partial charge in [-0.1, -0.05) is 91.0 Å². The second-order valence-corrected chi connectivity index (χ2v) is 5.44. The molecular formula is C22H16. The van der Waals surface area contributed by atoms with Gasteiger partial charge in [0.05, 0.1) is 0 Å². The lowest BCUT2D eigenvalue weighted by Crippen LogP contribution is -1.81. The van der Waals surface area contributed by atoms with E-state index in [9.17, 15) is 0 Å². The molecule has 0 saturated heterocycles. The quantitative estimate of drug-likeness (QED) is 0.298. The molecule has 0 unspecified atom stereocenters. The Morgan fingerprint density at radius 1 is 0.455 bits per heavy atom. The number of hydrogen-bond acceptors (Lipinski definition) is 0. The highest BCUT2D eigenvalue weighted by Gasteiger charge is 2.10. The minimum atomic E-state index is 1.33. The average molecular weight is 280 g/mol. The first-order chi connectivity index (χ1) is 10.9. The van der Waals surface area contributed by atoms with Gasteiger partial charge in [-0.15, -0.1) is 0 Å². The third-order valence-electron chi connectivity index (χ3n) is 4.06. The summed E-state index contributed by atoms with van der Waals surface area (Å²) in [6.07, 6.45) is 4.42. The first kappa shape index (κ1) is 12.8. The molecule has 0 aliphatic heterocycles. The van der Waals surface area contributed by atoms with Gasteiger partial charge in [-0.25, -0.2) is 0 Å². The molecule has 0 heterocycles. The van der Waals surface area contributed by atoms with Gasteiger partial charge in [0.2, 0.25) is 0 Å². The van der Waals surface area contributed by atoms with Crippen LogP contribution in [0.15, 0.2) is 84.9 Å². The Balaban J connectivity index is 0.000000177. The normalized spacial score (nSPS) is 11.5. The van der Waals surface area contributed by atoms with Gasteiger partial charge < -0.3 is 0 Å². The standard InChI is InChI=1S/C16H10.C6H6/c1-2-6-14-12(4-1)10-13-9-8-11-5-3-7-15(14)16(11)13;1-2-4-6-5-3-1/h1-10H;1-6H. The average Bonchev–Trinajstić information content (AvgIpc) is 3.02. The summed E-state index contributed by atoms with van der Waals surface area (Å²) in [7, 11) is 0. The molecule has 104 valence electrons. The zero-order valence-electron chi connectivity index (χ0n) is 12.2. The Labute approximate surface area is 130 Å². The smallest absolute Gasteiger partial charge is 0.00324 e. The van der Waals surface area contributed by atoms with E-state index in [1.807, 2.05) is 36.4 Å². The fraction of sp³-hybridized carbons (Fsp3) is 0. The van der Waals surface area contributed by atoms with Crippen LogP contribution in [0.4, 0.5) is 0 Å². The Morgan fingerprint density at radius 3 is 1.86 bits per heavy atom. The molecule has 0 N–H and O–H groups in total. The molecule has 0 amide bonds. The largest absolute Gasteiger partial charge is 0.0623 e. The Hall–Kier alpha value is -2.86. The van der Waals surface area contributed by atoms with Crippen molar-refractivity contribution in [2.45, 2.75) is 0 Å². The predicted octanol–water partition coefficient (Wildman–Crippen LogP) is 6.16. The summed E-state index contributed by atoms with van der Waals surface area (Å²) in [6, 6.07) is 29.4. The van der Waals surface area contributed by atoms with Crippen molar-refractivity contribution in [3.8, 4) is 0 Å². The van der Waals surface area contributed by atoms with Crippen molar-refractivity contribution in [1.82, 2.24) is 0 Å². The van der Waals surface area contributed by atoms with Crippen molar-refractivity contribution in [2.75, 3.05) is 0 Å². The van der Waals surface area contributed by atoms with Crippen molar-refractivity contribution in [3.05, 3.63) is 96.1 Å². The highest BCUT2D eigenvalue weighted by molar-refractivity contribution is 6.16. The van der Waals surface area contributed by atoms with Crippen molar-refractivity contribution in [2.24, 2.45) is 0 Å². The van der Waals surface area contributed by atoms with Crippen LogP contribution < -0.4 is 0 Å². The maximum absolute atomic E-state index is 2.28. The van der Waals surface area contributed by atoms with Crippen LogP contribution in [0, 0.1) is 0 Å². The van der Waals surface area contributed by atoms with Crippen LogP contribution in [0.2, 0.25) is 0 Å². The van der Waals surface area contributed by atoms with Gasteiger partial charge in [0.25, 0.3) is 0 Å². The highest BCUT2D eigenvalue weighted by Crippen LogP contribution is 2.36. The molecule has 22 heavy (non-hydrogen) atoms. The molecule has 1 aliphatic carbocycles. The predicted molar refractivity (Wildman–Crippen MR) is 96.8 cm³/mol. The topological polar surface area (TPSA) is 0 Å². The van der Waals surface area contributed by atoms with Gasteiger partial charge in [0.15, 0.2) is 0 Å². The van der Waals surface area contributed by atoms with E-state index < -0.39 is 0 Å². The van der Waals surface area contributed by atoms with Crippen LogP contribution in [-0.2, 0) is 0 Å². The van der Waals surface area contributed by atoms with E-state index >= 15 is 0 Å². The molecular weight excluding hydrogens is 264 g/mol. The first-order valence-electron chi connectivity index (χ1n) is 7.56. The molecule has 0 bridgehead atoms. The van der Waals surface area contributed by atoms with E-state index in [1.54, 1.807) is 0 Å². The monoisotopic (exact) mass is 280 g/mol. The fourth-order valence-electron chi connectivity index (χ4n) is 3.06. The van der Waals surface area contributed by atoms with Gasteiger partial charge in [-0.3, -0.25) is 0 Å².